The van der Waals surface area contributed by atoms with Gasteiger partial charge in [0.15, 0.2) is 0 Å². The molecule has 0 aromatic carbocycles. The Kier molecular flexibility index (Phi) is 3.45. The third kappa shape index (κ3) is 2.39. The van der Waals surface area contributed by atoms with Gasteiger partial charge in [-0.05, 0) is 38.5 Å². The second kappa shape index (κ2) is 4.89. The molecule has 2 saturated carbocycles. The first kappa shape index (κ1) is 12.0. The quantitative estimate of drug-likeness (QED) is 0.793. The van der Waals surface area contributed by atoms with Crippen LogP contribution in [0.3, 0.4) is 0 Å². The minimum Gasteiger partial charge on any atom is -0.309 e. The van der Waals surface area contributed by atoms with Gasteiger partial charge in [0.1, 0.15) is 0 Å². The van der Waals surface area contributed by atoms with Crippen LogP contribution >= 0.6 is 0 Å². The molecule has 1 N–H and O–H groups in total. The third-order valence-electron chi connectivity index (χ3n) is 5.62. The van der Waals surface area contributed by atoms with Gasteiger partial charge in [0, 0.05) is 31.2 Å². The molecule has 2 nitrogen and oxygen atoms in total. The first-order chi connectivity index (χ1) is 8.29. The molecule has 3 rings (SSSR count). The van der Waals surface area contributed by atoms with E-state index in [9.17, 15) is 0 Å². The molecule has 98 valence electrons. The maximum atomic E-state index is 3.83. The number of rotatable bonds is 2. The van der Waals surface area contributed by atoms with Crippen molar-refractivity contribution in [1.82, 2.24) is 10.2 Å². The van der Waals surface area contributed by atoms with Crippen LogP contribution in [0.15, 0.2) is 0 Å². The summed E-state index contributed by atoms with van der Waals surface area (Å²) in [6.45, 7) is 6.31. The highest BCUT2D eigenvalue weighted by molar-refractivity contribution is 4.99. The van der Waals surface area contributed by atoms with E-state index in [2.05, 4.69) is 17.1 Å². The fourth-order valence-corrected chi connectivity index (χ4v) is 4.46. The van der Waals surface area contributed by atoms with Gasteiger partial charge in [0.2, 0.25) is 0 Å². The summed E-state index contributed by atoms with van der Waals surface area (Å²) in [5.41, 5.74) is 0.505. The lowest BCUT2D eigenvalue weighted by molar-refractivity contribution is 0.0747. The van der Waals surface area contributed by atoms with Gasteiger partial charge >= 0.3 is 0 Å². The van der Waals surface area contributed by atoms with Crippen molar-refractivity contribution in [2.45, 2.75) is 69.9 Å². The van der Waals surface area contributed by atoms with Gasteiger partial charge in [-0.15, -0.1) is 0 Å². The Morgan fingerprint density at radius 2 is 1.82 bits per heavy atom. The summed E-state index contributed by atoms with van der Waals surface area (Å²) >= 11 is 0. The Morgan fingerprint density at radius 3 is 2.53 bits per heavy atom. The SMILES string of the molecule is CC(C1CCCC1)N1CCNC2(CCCC2)C1. The van der Waals surface area contributed by atoms with Crippen LogP contribution in [0.2, 0.25) is 0 Å². The molecule has 2 aliphatic carbocycles. The summed E-state index contributed by atoms with van der Waals surface area (Å²) < 4.78 is 0. The van der Waals surface area contributed by atoms with E-state index < -0.39 is 0 Å². The minimum atomic E-state index is 0.505. The maximum absolute atomic E-state index is 3.83. The van der Waals surface area contributed by atoms with Crippen molar-refractivity contribution in [3.8, 4) is 0 Å². The predicted octanol–water partition coefficient (Wildman–Crippen LogP) is 2.78. The normalized spacial score (nSPS) is 32.3. The molecule has 1 heterocycles. The van der Waals surface area contributed by atoms with E-state index in [1.807, 2.05) is 0 Å². The van der Waals surface area contributed by atoms with E-state index in [0.717, 1.165) is 12.0 Å². The van der Waals surface area contributed by atoms with Gasteiger partial charge in [-0.2, -0.15) is 0 Å². The Hall–Kier alpha value is -0.0800. The van der Waals surface area contributed by atoms with Crippen LogP contribution in [0.25, 0.3) is 0 Å². The van der Waals surface area contributed by atoms with Crippen LogP contribution in [0.1, 0.15) is 58.3 Å². The average Bonchev–Trinajstić information content (AvgIpc) is 3.00. The predicted molar refractivity (Wildman–Crippen MR) is 72.2 cm³/mol. The average molecular weight is 236 g/mol. The monoisotopic (exact) mass is 236 g/mol. The minimum absolute atomic E-state index is 0.505. The molecular formula is C15H28N2. The lowest BCUT2D eigenvalue weighted by Crippen LogP contribution is -2.61. The van der Waals surface area contributed by atoms with E-state index in [-0.39, 0.29) is 0 Å². The Morgan fingerprint density at radius 1 is 1.12 bits per heavy atom. The van der Waals surface area contributed by atoms with E-state index >= 15 is 0 Å². The van der Waals surface area contributed by atoms with Crippen molar-refractivity contribution in [3.63, 3.8) is 0 Å². The van der Waals surface area contributed by atoms with Gasteiger partial charge in [-0.1, -0.05) is 25.7 Å². The van der Waals surface area contributed by atoms with Crippen molar-refractivity contribution >= 4 is 0 Å². The van der Waals surface area contributed by atoms with Crippen LogP contribution in [0, 0.1) is 5.92 Å². The second-order valence-corrected chi connectivity index (χ2v) is 6.67. The zero-order valence-electron chi connectivity index (χ0n) is 11.4. The smallest absolute Gasteiger partial charge is 0.0309 e. The maximum Gasteiger partial charge on any atom is 0.0309 e. The Balaban J connectivity index is 1.62. The van der Waals surface area contributed by atoms with Crippen molar-refractivity contribution in [2.24, 2.45) is 5.92 Å². The summed E-state index contributed by atoms with van der Waals surface area (Å²) in [5.74, 6) is 0.992. The number of piperazine rings is 1. The molecule has 1 spiro atoms. The highest BCUT2D eigenvalue weighted by Gasteiger charge is 2.40. The summed E-state index contributed by atoms with van der Waals surface area (Å²) in [4.78, 5) is 2.80. The molecule has 0 radical (unpaired) electrons. The van der Waals surface area contributed by atoms with Crippen molar-refractivity contribution in [1.29, 1.82) is 0 Å². The molecule has 3 fully saturated rings. The van der Waals surface area contributed by atoms with Crippen molar-refractivity contribution in [3.05, 3.63) is 0 Å². The van der Waals surface area contributed by atoms with E-state index in [1.54, 1.807) is 0 Å². The third-order valence-corrected chi connectivity index (χ3v) is 5.62. The van der Waals surface area contributed by atoms with Crippen LogP contribution in [-0.2, 0) is 0 Å². The molecule has 0 aromatic rings. The van der Waals surface area contributed by atoms with Crippen molar-refractivity contribution in [2.75, 3.05) is 19.6 Å². The van der Waals surface area contributed by atoms with Crippen molar-refractivity contribution < 1.29 is 0 Å². The lowest BCUT2D eigenvalue weighted by Gasteiger charge is -2.45. The highest BCUT2D eigenvalue weighted by Crippen LogP contribution is 2.35. The topological polar surface area (TPSA) is 15.3 Å². The van der Waals surface area contributed by atoms with Gasteiger partial charge in [-0.3, -0.25) is 4.90 Å². The van der Waals surface area contributed by atoms with Gasteiger partial charge in [-0.25, -0.2) is 0 Å². The molecule has 1 aliphatic heterocycles. The number of hydrogen-bond acceptors (Lipinski definition) is 2. The fraction of sp³-hybridized carbons (Fsp3) is 1.00. The zero-order valence-corrected chi connectivity index (χ0v) is 11.4. The second-order valence-electron chi connectivity index (χ2n) is 6.67. The Bertz CT molecular complexity index is 252. The van der Waals surface area contributed by atoms with Crippen LogP contribution in [0.4, 0.5) is 0 Å². The first-order valence-corrected chi connectivity index (χ1v) is 7.78. The molecule has 1 atom stereocenters. The number of hydrogen-bond donors (Lipinski definition) is 1. The summed E-state index contributed by atoms with van der Waals surface area (Å²) in [6, 6.07) is 0.831. The van der Waals surface area contributed by atoms with Crippen LogP contribution in [0.5, 0.6) is 0 Å². The van der Waals surface area contributed by atoms with Crippen LogP contribution < -0.4 is 5.32 Å². The summed E-state index contributed by atoms with van der Waals surface area (Å²) in [6.07, 6.45) is 11.6. The van der Waals surface area contributed by atoms with Crippen LogP contribution in [-0.4, -0.2) is 36.1 Å². The molecular weight excluding hydrogens is 208 g/mol. The fourth-order valence-electron chi connectivity index (χ4n) is 4.46. The molecule has 3 aliphatic rings. The molecule has 0 bridgehead atoms. The molecule has 17 heavy (non-hydrogen) atoms. The van der Waals surface area contributed by atoms with Gasteiger partial charge in [0.05, 0.1) is 0 Å². The number of nitrogens with one attached hydrogen (secondary N) is 1. The molecule has 0 aromatic heterocycles. The largest absolute Gasteiger partial charge is 0.309 e. The summed E-state index contributed by atoms with van der Waals surface area (Å²) in [5, 5.41) is 3.83. The highest BCUT2D eigenvalue weighted by atomic mass is 15.2. The van der Waals surface area contributed by atoms with E-state index in [4.69, 9.17) is 0 Å². The van der Waals surface area contributed by atoms with Gasteiger partial charge < -0.3 is 5.32 Å². The zero-order chi connectivity index (χ0) is 11.7. The number of nitrogens with zero attached hydrogens (tertiary/aromatic N) is 1. The first-order valence-electron chi connectivity index (χ1n) is 7.78. The molecule has 0 amide bonds. The van der Waals surface area contributed by atoms with Gasteiger partial charge in [0.25, 0.3) is 0 Å². The Labute approximate surface area is 106 Å². The molecule has 2 heteroatoms. The molecule has 1 saturated heterocycles. The standard InChI is InChI=1S/C15H28N2/c1-13(14-6-2-3-7-14)17-11-10-16-15(12-17)8-4-5-9-15/h13-14,16H,2-12H2,1H3. The summed E-state index contributed by atoms with van der Waals surface area (Å²) in [7, 11) is 0. The molecule has 1 unspecified atom stereocenters. The van der Waals surface area contributed by atoms with E-state index in [0.29, 0.717) is 5.54 Å². The lowest BCUT2D eigenvalue weighted by atomic mass is 9.91. The van der Waals surface area contributed by atoms with E-state index in [1.165, 1.54) is 71.0 Å².